The molecule has 2 rings (SSSR count). The van der Waals surface area contributed by atoms with E-state index in [1.807, 2.05) is 0 Å². The Morgan fingerprint density at radius 2 is 2.04 bits per heavy atom. The van der Waals surface area contributed by atoms with E-state index < -0.39 is 11.6 Å². The summed E-state index contributed by atoms with van der Waals surface area (Å²) in [6, 6.07) is 0. The van der Waals surface area contributed by atoms with Crippen LogP contribution in [0.4, 0.5) is 0 Å². The van der Waals surface area contributed by atoms with Crippen molar-refractivity contribution in [3.05, 3.63) is 23.1 Å². The fraction of sp³-hybridized carbons (Fsp3) is 0.611. The maximum atomic E-state index is 12.5. The van der Waals surface area contributed by atoms with Gasteiger partial charge in [0.2, 0.25) is 12.3 Å². The summed E-state index contributed by atoms with van der Waals surface area (Å²) in [5.74, 6) is -0.220. The van der Waals surface area contributed by atoms with Gasteiger partial charge in [-0.3, -0.25) is 14.4 Å². The Kier molecular flexibility index (Phi) is 5.87. The first-order valence-electron chi connectivity index (χ1n) is 8.53. The van der Waals surface area contributed by atoms with Gasteiger partial charge in [0.15, 0.2) is 0 Å². The van der Waals surface area contributed by atoms with Crippen molar-refractivity contribution >= 4 is 18.3 Å². The number of hydrogen-bond donors (Lipinski definition) is 1. The molecule has 0 unspecified atom stereocenters. The number of esters is 1. The predicted octanol–water partition coefficient (Wildman–Crippen LogP) is 1.90. The van der Waals surface area contributed by atoms with Crippen LogP contribution in [0.15, 0.2) is 23.1 Å². The average Bonchev–Trinajstić information content (AvgIpc) is 2.92. The van der Waals surface area contributed by atoms with Crippen LogP contribution >= 0.6 is 0 Å². The number of hydrogen-bond acceptors (Lipinski definition) is 5. The molecule has 0 aromatic carbocycles. The van der Waals surface area contributed by atoms with Gasteiger partial charge in [0, 0.05) is 25.2 Å². The lowest BCUT2D eigenvalue weighted by Gasteiger charge is -2.25. The molecule has 0 atom stereocenters. The molecule has 7 heteroatoms. The van der Waals surface area contributed by atoms with Crippen molar-refractivity contribution in [2.75, 3.05) is 19.6 Å². The largest absolute Gasteiger partial charge is 0.512 e. The van der Waals surface area contributed by atoms with Gasteiger partial charge in [-0.05, 0) is 45.3 Å². The highest BCUT2D eigenvalue weighted by molar-refractivity contribution is 5.82. The molecule has 7 nitrogen and oxygen atoms in total. The third-order valence-electron chi connectivity index (χ3n) is 4.07. The molecule has 0 aromatic rings. The smallest absolute Gasteiger partial charge is 0.308 e. The van der Waals surface area contributed by atoms with Crippen LogP contribution in [0.3, 0.4) is 0 Å². The van der Waals surface area contributed by atoms with Crippen molar-refractivity contribution in [3.63, 3.8) is 0 Å². The number of allylic oxidation sites excluding steroid dienone is 3. The first-order valence-corrected chi connectivity index (χ1v) is 8.53. The van der Waals surface area contributed by atoms with Crippen LogP contribution in [0.5, 0.6) is 0 Å². The molecule has 1 N–H and O–H groups in total. The van der Waals surface area contributed by atoms with Crippen molar-refractivity contribution in [2.24, 2.45) is 0 Å². The zero-order valence-corrected chi connectivity index (χ0v) is 15.1. The van der Waals surface area contributed by atoms with E-state index in [1.54, 1.807) is 31.7 Å². The van der Waals surface area contributed by atoms with Gasteiger partial charge in [-0.2, -0.15) is 0 Å². The monoisotopic (exact) mass is 350 g/mol. The van der Waals surface area contributed by atoms with Crippen molar-refractivity contribution in [3.8, 4) is 0 Å². The summed E-state index contributed by atoms with van der Waals surface area (Å²) in [6.45, 7) is 5.97. The number of carbonyl (C=O) groups excluding carboxylic acids is 3. The first-order chi connectivity index (χ1) is 11.7. The molecule has 0 bridgehead atoms. The Morgan fingerprint density at radius 3 is 2.68 bits per heavy atom. The van der Waals surface area contributed by atoms with E-state index in [0.717, 1.165) is 11.3 Å². The van der Waals surface area contributed by atoms with E-state index in [0.29, 0.717) is 38.0 Å². The Bertz CT molecular complexity index is 615. The fourth-order valence-corrected chi connectivity index (χ4v) is 2.99. The standard InChI is InChI=1S/C18H26N2O5/c1-18(2,3)25-17(24)7-8-19(12-21)11-16(23)20-9-6-13-10-14(22)4-5-15(13)20/h10,12,22H,4-9,11H2,1-3H3. The minimum Gasteiger partial charge on any atom is -0.512 e. The molecule has 0 spiro atoms. The lowest BCUT2D eigenvalue weighted by molar-refractivity contribution is -0.155. The number of carbonyl (C=O) groups is 3. The quantitative estimate of drug-likeness (QED) is 0.584. The molecular weight excluding hydrogens is 324 g/mol. The van der Waals surface area contributed by atoms with Gasteiger partial charge in [0.25, 0.3) is 0 Å². The minimum atomic E-state index is -0.572. The third kappa shape index (κ3) is 5.34. The molecule has 2 amide bonds. The van der Waals surface area contributed by atoms with Crippen molar-refractivity contribution < 1.29 is 24.2 Å². The molecule has 25 heavy (non-hydrogen) atoms. The normalized spacial score (nSPS) is 17.1. The average molecular weight is 350 g/mol. The predicted molar refractivity (Wildman–Crippen MR) is 91.4 cm³/mol. The van der Waals surface area contributed by atoms with Crippen molar-refractivity contribution in [1.82, 2.24) is 9.80 Å². The van der Waals surface area contributed by atoms with E-state index in [1.165, 1.54) is 4.90 Å². The Morgan fingerprint density at radius 1 is 1.32 bits per heavy atom. The highest BCUT2D eigenvalue weighted by Gasteiger charge is 2.29. The molecule has 1 heterocycles. The van der Waals surface area contributed by atoms with Crippen LogP contribution in [-0.4, -0.2) is 58.4 Å². The Hall–Kier alpha value is -2.31. The molecule has 0 saturated carbocycles. The van der Waals surface area contributed by atoms with Gasteiger partial charge >= 0.3 is 5.97 Å². The van der Waals surface area contributed by atoms with Gasteiger partial charge in [0.1, 0.15) is 5.60 Å². The molecule has 2 aliphatic rings. The summed E-state index contributed by atoms with van der Waals surface area (Å²) in [7, 11) is 0. The number of nitrogens with zero attached hydrogens (tertiary/aromatic N) is 2. The van der Waals surface area contributed by atoms with Gasteiger partial charge in [-0.15, -0.1) is 0 Å². The Labute approximate surface area is 147 Å². The molecule has 1 aliphatic heterocycles. The van der Waals surface area contributed by atoms with Crippen LogP contribution in [0.1, 0.15) is 46.5 Å². The van der Waals surface area contributed by atoms with E-state index in [-0.39, 0.29) is 25.4 Å². The number of aliphatic hydroxyl groups is 1. The summed E-state index contributed by atoms with van der Waals surface area (Å²) in [6.07, 6.45) is 4.23. The second kappa shape index (κ2) is 7.72. The second-order valence-corrected chi connectivity index (χ2v) is 7.32. The summed E-state index contributed by atoms with van der Waals surface area (Å²) in [4.78, 5) is 38.5. The highest BCUT2D eigenvalue weighted by Crippen LogP contribution is 2.33. The number of rotatable bonds is 6. The maximum absolute atomic E-state index is 12.5. The van der Waals surface area contributed by atoms with Gasteiger partial charge < -0.3 is 19.6 Å². The molecule has 0 fully saturated rings. The van der Waals surface area contributed by atoms with E-state index in [9.17, 15) is 19.5 Å². The van der Waals surface area contributed by atoms with Crippen LogP contribution < -0.4 is 0 Å². The molecule has 0 saturated heterocycles. The number of aliphatic hydroxyl groups excluding tert-OH is 1. The Balaban J connectivity index is 1.88. The third-order valence-corrected chi connectivity index (χ3v) is 4.07. The van der Waals surface area contributed by atoms with E-state index in [2.05, 4.69) is 0 Å². The fourth-order valence-electron chi connectivity index (χ4n) is 2.99. The zero-order valence-electron chi connectivity index (χ0n) is 15.1. The van der Waals surface area contributed by atoms with E-state index >= 15 is 0 Å². The molecule has 1 aliphatic carbocycles. The van der Waals surface area contributed by atoms with Crippen LogP contribution in [-0.2, 0) is 19.1 Å². The number of ether oxygens (including phenoxy) is 1. The lowest BCUT2D eigenvalue weighted by atomic mass is 10.0. The lowest BCUT2D eigenvalue weighted by Crippen LogP contribution is -2.39. The number of amides is 2. The molecule has 138 valence electrons. The van der Waals surface area contributed by atoms with Crippen molar-refractivity contribution in [1.29, 1.82) is 0 Å². The first kappa shape index (κ1) is 19.0. The summed E-state index contributed by atoms with van der Waals surface area (Å²) >= 11 is 0. The van der Waals surface area contributed by atoms with Crippen LogP contribution in [0, 0.1) is 0 Å². The van der Waals surface area contributed by atoms with Crippen LogP contribution in [0.25, 0.3) is 0 Å². The minimum absolute atomic E-state index is 0.0495. The van der Waals surface area contributed by atoms with Gasteiger partial charge in [-0.25, -0.2) is 0 Å². The maximum Gasteiger partial charge on any atom is 0.308 e. The molecular formula is C18H26N2O5. The van der Waals surface area contributed by atoms with Crippen LogP contribution in [0.2, 0.25) is 0 Å². The highest BCUT2D eigenvalue weighted by atomic mass is 16.6. The van der Waals surface area contributed by atoms with Gasteiger partial charge in [0.05, 0.1) is 18.7 Å². The summed E-state index contributed by atoms with van der Waals surface area (Å²) in [5, 5.41) is 9.59. The second-order valence-electron chi connectivity index (χ2n) is 7.32. The topological polar surface area (TPSA) is 87.2 Å². The molecule has 0 radical (unpaired) electrons. The van der Waals surface area contributed by atoms with Gasteiger partial charge in [-0.1, -0.05) is 0 Å². The zero-order chi connectivity index (χ0) is 18.6. The summed E-state index contributed by atoms with van der Waals surface area (Å²) in [5.41, 5.74) is 1.35. The summed E-state index contributed by atoms with van der Waals surface area (Å²) < 4.78 is 5.20. The van der Waals surface area contributed by atoms with E-state index in [4.69, 9.17) is 4.74 Å². The van der Waals surface area contributed by atoms with Crippen molar-refractivity contribution in [2.45, 2.75) is 52.1 Å². The molecule has 0 aromatic heterocycles. The SMILES string of the molecule is CC(C)(C)OC(=O)CCN(C=O)CC(=O)N1CCC2=C1CCC(O)=C2.